The molecule has 28 heavy (non-hydrogen) atoms. The molecular formula is C9H15FN3O12P3. The van der Waals surface area contributed by atoms with Gasteiger partial charge in [0.25, 0.3) is 0 Å². The zero-order valence-corrected chi connectivity index (χ0v) is 16.2. The summed E-state index contributed by atoms with van der Waals surface area (Å²) in [6, 6.07) is 1.22. The molecule has 1 aromatic heterocycles. The fourth-order valence-electron chi connectivity index (χ4n) is 2.15. The number of halogens is 1. The minimum atomic E-state index is -5.66. The number of hydrogen-bond donors (Lipinski definition) is 5. The second-order valence-electron chi connectivity index (χ2n) is 5.33. The normalized spacial score (nSPS) is 27.2. The van der Waals surface area contributed by atoms with E-state index in [9.17, 15) is 27.8 Å². The van der Waals surface area contributed by atoms with Crippen LogP contribution in [0.2, 0.25) is 0 Å². The van der Waals surface area contributed by atoms with Crippen molar-refractivity contribution in [3.63, 3.8) is 0 Å². The van der Waals surface area contributed by atoms with Crippen molar-refractivity contribution < 1.29 is 55.5 Å². The zero-order valence-electron chi connectivity index (χ0n) is 13.5. The average molecular weight is 469 g/mol. The van der Waals surface area contributed by atoms with E-state index in [4.69, 9.17) is 25.2 Å². The molecule has 0 spiro atoms. The van der Waals surface area contributed by atoms with E-state index in [1.807, 2.05) is 0 Å². The fourth-order valence-corrected chi connectivity index (χ4v) is 5.20. The molecular weight excluding hydrogens is 454 g/mol. The van der Waals surface area contributed by atoms with Gasteiger partial charge in [-0.3, -0.25) is 9.09 Å². The SMILES string of the molecule is Nc1ccn([C@@H]2O[C@H](COP(=O)(O)OP(=O)(O)OP(=O)(O)O)C[C@@H]2F)c(=O)n1. The lowest BCUT2D eigenvalue weighted by Gasteiger charge is -2.18. The predicted octanol–water partition coefficient (Wildman–Crippen LogP) is -0.206. The smallest absolute Gasteiger partial charge is 0.383 e. The van der Waals surface area contributed by atoms with Crippen molar-refractivity contribution in [3.05, 3.63) is 22.7 Å². The summed E-state index contributed by atoms with van der Waals surface area (Å²) >= 11 is 0. The molecule has 0 aromatic carbocycles. The summed E-state index contributed by atoms with van der Waals surface area (Å²) in [7, 11) is -16.5. The summed E-state index contributed by atoms with van der Waals surface area (Å²) in [5.41, 5.74) is 4.42. The molecule has 1 fully saturated rings. The van der Waals surface area contributed by atoms with Crippen molar-refractivity contribution in [2.75, 3.05) is 12.3 Å². The highest BCUT2D eigenvalue weighted by molar-refractivity contribution is 7.66. The van der Waals surface area contributed by atoms with Gasteiger partial charge in [-0.25, -0.2) is 22.9 Å². The van der Waals surface area contributed by atoms with E-state index in [-0.39, 0.29) is 5.82 Å². The van der Waals surface area contributed by atoms with E-state index >= 15 is 0 Å². The molecule has 0 amide bonds. The Morgan fingerprint density at radius 1 is 1.25 bits per heavy atom. The van der Waals surface area contributed by atoms with Gasteiger partial charge in [0.05, 0.1) is 12.7 Å². The Labute approximate surface area is 155 Å². The Morgan fingerprint density at radius 2 is 1.89 bits per heavy atom. The second kappa shape index (κ2) is 8.38. The van der Waals surface area contributed by atoms with Gasteiger partial charge in [0, 0.05) is 12.6 Å². The fraction of sp³-hybridized carbons (Fsp3) is 0.556. The third-order valence-corrected chi connectivity index (χ3v) is 6.90. The Hall–Kier alpha value is -1.02. The van der Waals surface area contributed by atoms with Crippen LogP contribution in [0.5, 0.6) is 0 Å². The van der Waals surface area contributed by atoms with Gasteiger partial charge in [0.2, 0.25) is 0 Å². The Balaban J connectivity index is 1.97. The maximum absolute atomic E-state index is 14.1. The standard InChI is InChI=1S/C9H15FN3O12P3/c10-6-3-5(23-8(6)13-2-1-7(11)12-9(13)14)4-22-27(18,19)25-28(20,21)24-26(15,16)17/h1-2,5-6,8H,3-4H2,(H,18,19)(H,20,21)(H2,11,12,14)(H2,15,16,17)/t5-,6-,8+/m0/s1. The number of phosphoric ester groups is 1. The topological polar surface area (TPSA) is 230 Å². The largest absolute Gasteiger partial charge is 0.490 e. The van der Waals surface area contributed by atoms with Crippen molar-refractivity contribution in [1.82, 2.24) is 9.55 Å². The lowest BCUT2D eigenvalue weighted by Crippen LogP contribution is -2.30. The third-order valence-electron chi connectivity index (χ3n) is 3.09. The summed E-state index contributed by atoms with van der Waals surface area (Å²) in [6.07, 6.45) is -3.62. The number of nitrogens with zero attached hydrogens (tertiary/aromatic N) is 2. The Kier molecular flexibility index (Phi) is 6.96. The Morgan fingerprint density at radius 3 is 2.46 bits per heavy atom. The molecule has 160 valence electrons. The van der Waals surface area contributed by atoms with Crippen LogP contribution in [-0.2, 0) is 31.6 Å². The first-order chi connectivity index (χ1) is 12.7. The van der Waals surface area contributed by atoms with Crippen LogP contribution in [-0.4, -0.2) is 48.0 Å². The van der Waals surface area contributed by atoms with Gasteiger partial charge in [0.1, 0.15) is 12.0 Å². The maximum Gasteiger partial charge on any atom is 0.490 e. The molecule has 19 heteroatoms. The molecule has 0 radical (unpaired) electrons. The molecule has 1 aliphatic heterocycles. The minimum absolute atomic E-state index is 0.0983. The van der Waals surface area contributed by atoms with Crippen LogP contribution < -0.4 is 11.4 Å². The van der Waals surface area contributed by atoms with Gasteiger partial charge in [-0.2, -0.15) is 13.6 Å². The van der Waals surface area contributed by atoms with Gasteiger partial charge in [-0.05, 0) is 6.07 Å². The van der Waals surface area contributed by atoms with Gasteiger partial charge in [-0.1, -0.05) is 0 Å². The molecule has 15 nitrogen and oxygen atoms in total. The van der Waals surface area contributed by atoms with Crippen LogP contribution in [0.3, 0.4) is 0 Å². The minimum Gasteiger partial charge on any atom is -0.383 e. The van der Waals surface area contributed by atoms with Gasteiger partial charge in [-0.15, -0.1) is 0 Å². The molecule has 0 aliphatic carbocycles. The molecule has 2 heterocycles. The monoisotopic (exact) mass is 469 g/mol. The van der Waals surface area contributed by atoms with Crippen LogP contribution in [0, 0.1) is 0 Å². The van der Waals surface area contributed by atoms with Crippen molar-refractivity contribution in [2.45, 2.75) is 24.9 Å². The summed E-state index contributed by atoms with van der Waals surface area (Å²) in [5.74, 6) is -0.0983. The zero-order chi connectivity index (χ0) is 21.3. The third kappa shape index (κ3) is 6.79. The predicted molar refractivity (Wildman–Crippen MR) is 86.1 cm³/mol. The summed E-state index contributed by atoms with van der Waals surface area (Å²) in [6.45, 7) is -0.836. The van der Waals surface area contributed by atoms with Gasteiger partial charge < -0.3 is 30.0 Å². The highest BCUT2D eigenvalue weighted by atomic mass is 31.3. The van der Waals surface area contributed by atoms with Crippen molar-refractivity contribution in [2.24, 2.45) is 0 Å². The van der Waals surface area contributed by atoms with Crippen LogP contribution in [0.1, 0.15) is 12.6 Å². The lowest BCUT2D eigenvalue weighted by atomic mass is 10.2. The number of hydrogen-bond acceptors (Lipinski definition) is 10. The van der Waals surface area contributed by atoms with E-state index < -0.39 is 60.7 Å². The molecule has 1 saturated heterocycles. The molecule has 0 saturated carbocycles. The number of alkyl halides is 1. The van der Waals surface area contributed by atoms with Gasteiger partial charge >= 0.3 is 29.2 Å². The first-order valence-electron chi connectivity index (χ1n) is 7.10. The number of ether oxygens (including phenoxy) is 1. The number of aromatic nitrogens is 2. The van der Waals surface area contributed by atoms with E-state index in [0.717, 1.165) is 10.8 Å². The first-order valence-corrected chi connectivity index (χ1v) is 11.6. The van der Waals surface area contributed by atoms with E-state index in [0.29, 0.717) is 0 Å². The van der Waals surface area contributed by atoms with Crippen molar-refractivity contribution in [1.29, 1.82) is 0 Å². The van der Waals surface area contributed by atoms with E-state index in [1.54, 1.807) is 0 Å². The summed E-state index contributed by atoms with van der Waals surface area (Å²) < 4.78 is 64.9. The van der Waals surface area contributed by atoms with Crippen LogP contribution in [0.4, 0.5) is 10.2 Å². The number of anilines is 1. The molecule has 1 aliphatic rings. The molecule has 5 atom stereocenters. The second-order valence-corrected chi connectivity index (χ2v) is 9.75. The quantitative estimate of drug-likeness (QED) is 0.310. The van der Waals surface area contributed by atoms with Gasteiger partial charge in [0.15, 0.2) is 6.23 Å². The molecule has 1 aromatic rings. The summed E-state index contributed by atoms with van der Waals surface area (Å²) in [4.78, 5) is 50.3. The molecule has 2 unspecified atom stereocenters. The van der Waals surface area contributed by atoms with Crippen molar-refractivity contribution >= 4 is 29.3 Å². The van der Waals surface area contributed by atoms with E-state index in [1.165, 1.54) is 6.07 Å². The highest BCUT2D eigenvalue weighted by Gasteiger charge is 2.43. The van der Waals surface area contributed by atoms with Crippen LogP contribution in [0.15, 0.2) is 17.1 Å². The average Bonchev–Trinajstić information content (AvgIpc) is 2.82. The molecule has 2 rings (SSSR count). The number of nitrogens with two attached hydrogens (primary N) is 1. The summed E-state index contributed by atoms with van der Waals surface area (Å²) in [5, 5.41) is 0. The van der Waals surface area contributed by atoms with Crippen LogP contribution in [0.25, 0.3) is 0 Å². The number of phosphoric acid groups is 3. The molecule has 6 N–H and O–H groups in total. The number of nitrogen functional groups attached to an aromatic ring is 1. The van der Waals surface area contributed by atoms with Crippen molar-refractivity contribution in [3.8, 4) is 0 Å². The maximum atomic E-state index is 14.1. The number of rotatable bonds is 8. The highest BCUT2D eigenvalue weighted by Crippen LogP contribution is 2.66. The Bertz CT molecular complexity index is 919. The molecule has 0 bridgehead atoms. The van der Waals surface area contributed by atoms with Crippen LogP contribution >= 0.6 is 23.5 Å². The first kappa shape index (κ1) is 23.3. The van der Waals surface area contributed by atoms with E-state index in [2.05, 4.69) is 18.1 Å². The lowest BCUT2D eigenvalue weighted by molar-refractivity contribution is -0.0387.